The molecule has 0 saturated heterocycles. The normalized spacial score (nSPS) is 9.00. The molecular formula is C5H16FNO. The molecule has 54 valence electrons. The second-order valence-electron chi connectivity index (χ2n) is 2.72. The number of aliphatic hydroxyl groups excluding tert-OH is 1. The van der Waals surface area contributed by atoms with E-state index >= 15 is 0 Å². The molecule has 8 heavy (non-hydrogen) atoms. The SMILES string of the molecule is CC(C)(C)CO.[F-].[NH4+]. The van der Waals surface area contributed by atoms with E-state index in [1.54, 1.807) is 0 Å². The van der Waals surface area contributed by atoms with Crippen molar-refractivity contribution >= 4 is 0 Å². The van der Waals surface area contributed by atoms with Crippen LogP contribution in [0.2, 0.25) is 0 Å². The first-order valence-electron chi connectivity index (χ1n) is 2.17. The molecule has 0 amide bonds. The second-order valence-corrected chi connectivity index (χ2v) is 2.72. The maximum Gasteiger partial charge on any atom is 0.0479 e. The highest BCUT2D eigenvalue weighted by atomic mass is 19.0. The third kappa shape index (κ3) is 16.9. The molecule has 0 aromatic carbocycles. The molecule has 0 aliphatic heterocycles. The lowest BCUT2D eigenvalue weighted by Gasteiger charge is -2.11. The van der Waals surface area contributed by atoms with Crippen molar-refractivity contribution in [3.63, 3.8) is 0 Å². The summed E-state index contributed by atoms with van der Waals surface area (Å²) >= 11 is 0. The number of hydrogen-bond acceptors (Lipinski definition) is 1. The van der Waals surface area contributed by atoms with E-state index in [0.29, 0.717) is 0 Å². The van der Waals surface area contributed by atoms with Crippen LogP contribution in [-0.2, 0) is 0 Å². The number of rotatable bonds is 0. The number of aliphatic hydroxyl groups is 1. The Morgan fingerprint density at radius 3 is 1.38 bits per heavy atom. The minimum absolute atomic E-state index is 0. The summed E-state index contributed by atoms with van der Waals surface area (Å²) in [4.78, 5) is 0. The van der Waals surface area contributed by atoms with Crippen LogP contribution in [0, 0.1) is 5.41 Å². The molecule has 0 atom stereocenters. The quantitative estimate of drug-likeness (QED) is 0.403. The standard InChI is InChI=1S/C5H12O.FH.H3N/c1-5(2,3)4-6;;/h6H,4H2,1-3H3;1H;1H3. The maximum atomic E-state index is 8.40. The largest absolute Gasteiger partial charge is 1.00 e. The fourth-order valence-electron chi connectivity index (χ4n) is 0. The van der Waals surface area contributed by atoms with Gasteiger partial charge in [-0.05, 0) is 5.41 Å². The number of halogens is 1. The van der Waals surface area contributed by atoms with Crippen LogP contribution in [0.3, 0.4) is 0 Å². The Bertz CT molecular complexity index is 42.2. The highest BCUT2D eigenvalue weighted by Gasteiger charge is 2.05. The average molecular weight is 125 g/mol. The monoisotopic (exact) mass is 125 g/mol. The summed E-state index contributed by atoms with van der Waals surface area (Å²) in [5, 5.41) is 8.40. The van der Waals surface area contributed by atoms with E-state index in [0.717, 1.165) is 0 Å². The van der Waals surface area contributed by atoms with Gasteiger partial charge in [-0.3, -0.25) is 0 Å². The molecule has 0 saturated carbocycles. The van der Waals surface area contributed by atoms with Gasteiger partial charge in [-0.1, -0.05) is 20.8 Å². The van der Waals surface area contributed by atoms with Crippen LogP contribution in [0.4, 0.5) is 0 Å². The van der Waals surface area contributed by atoms with E-state index < -0.39 is 0 Å². The van der Waals surface area contributed by atoms with E-state index in [1.807, 2.05) is 20.8 Å². The second kappa shape index (κ2) is 5.00. The Labute approximate surface area is 49.9 Å². The van der Waals surface area contributed by atoms with Crippen molar-refractivity contribution < 1.29 is 9.81 Å². The van der Waals surface area contributed by atoms with Crippen LogP contribution in [0.5, 0.6) is 0 Å². The van der Waals surface area contributed by atoms with Crippen molar-refractivity contribution in [2.45, 2.75) is 20.8 Å². The highest BCUT2D eigenvalue weighted by molar-refractivity contribution is 4.55. The third-order valence-corrected chi connectivity index (χ3v) is 0.474. The van der Waals surface area contributed by atoms with Crippen LogP contribution >= 0.6 is 0 Å². The summed E-state index contributed by atoms with van der Waals surface area (Å²) < 4.78 is 0. The molecule has 0 aliphatic rings. The Morgan fingerprint density at radius 1 is 1.25 bits per heavy atom. The zero-order valence-electron chi connectivity index (χ0n) is 6.03. The lowest BCUT2D eigenvalue weighted by molar-refractivity contribution is -0.00000291. The Morgan fingerprint density at radius 2 is 1.38 bits per heavy atom. The summed E-state index contributed by atoms with van der Waals surface area (Å²) in [6, 6.07) is 0. The molecule has 0 heterocycles. The Balaban J connectivity index is -0.000000125. The molecule has 0 radical (unpaired) electrons. The van der Waals surface area contributed by atoms with Crippen molar-refractivity contribution in [3.8, 4) is 0 Å². The molecule has 0 rings (SSSR count). The molecule has 0 aromatic rings. The first kappa shape index (κ1) is 15.7. The zero-order chi connectivity index (χ0) is 5.21. The zero-order valence-corrected chi connectivity index (χ0v) is 6.03. The Kier molecular flexibility index (Phi) is 9.78. The first-order valence-corrected chi connectivity index (χ1v) is 2.17. The van der Waals surface area contributed by atoms with E-state index in [2.05, 4.69) is 0 Å². The molecule has 0 aliphatic carbocycles. The van der Waals surface area contributed by atoms with Gasteiger partial charge in [0.1, 0.15) is 0 Å². The molecule has 2 nitrogen and oxygen atoms in total. The molecule has 5 N–H and O–H groups in total. The number of hydrogen-bond donors (Lipinski definition) is 2. The highest BCUT2D eigenvalue weighted by Crippen LogP contribution is 2.09. The fraction of sp³-hybridized carbons (Fsp3) is 1.00. The fourth-order valence-corrected chi connectivity index (χ4v) is 0. The predicted molar refractivity (Wildman–Crippen MR) is 32.5 cm³/mol. The van der Waals surface area contributed by atoms with Crippen molar-refractivity contribution in [2.75, 3.05) is 6.61 Å². The van der Waals surface area contributed by atoms with Gasteiger partial charge in [-0.25, -0.2) is 0 Å². The van der Waals surface area contributed by atoms with Crippen molar-refractivity contribution in [2.24, 2.45) is 5.41 Å². The van der Waals surface area contributed by atoms with Crippen LogP contribution in [-0.4, -0.2) is 11.7 Å². The summed E-state index contributed by atoms with van der Waals surface area (Å²) in [5.74, 6) is 0. The lowest BCUT2D eigenvalue weighted by Crippen LogP contribution is -3.00. The van der Waals surface area contributed by atoms with Gasteiger partial charge in [0.2, 0.25) is 0 Å². The molecule has 3 heteroatoms. The van der Waals surface area contributed by atoms with Gasteiger partial charge >= 0.3 is 0 Å². The predicted octanol–water partition coefficient (Wildman–Crippen LogP) is -1.59. The summed E-state index contributed by atoms with van der Waals surface area (Å²) in [5.41, 5.74) is 0.0972. The van der Waals surface area contributed by atoms with Crippen LogP contribution in [0.25, 0.3) is 0 Å². The summed E-state index contributed by atoms with van der Waals surface area (Å²) in [6.45, 7) is 6.25. The van der Waals surface area contributed by atoms with Crippen molar-refractivity contribution in [3.05, 3.63) is 0 Å². The summed E-state index contributed by atoms with van der Waals surface area (Å²) in [7, 11) is 0. The van der Waals surface area contributed by atoms with E-state index in [4.69, 9.17) is 5.11 Å². The molecule has 0 fully saturated rings. The van der Waals surface area contributed by atoms with Crippen molar-refractivity contribution in [1.29, 1.82) is 0 Å². The van der Waals surface area contributed by atoms with E-state index in [9.17, 15) is 0 Å². The van der Waals surface area contributed by atoms with Gasteiger partial charge in [-0.2, -0.15) is 0 Å². The van der Waals surface area contributed by atoms with Gasteiger partial charge < -0.3 is 16.0 Å². The van der Waals surface area contributed by atoms with Gasteiger partial charge in [0.15, 0.2) is 0 Å². The smallest absolute Gasteiger partial charge is 0.0479 e. The van der Waals surface area contributed by atoms with Crippen LogP contribution < -0.4 is 10.9 Å². The molecule has 0 bridgehead atoms. The van der Waals surface area contributed by atoms with Crippen LogP contribution in [0.15, 0.2) is 0 Å². The third-order valence-electron chi connectivity index (χ3n) is 0.474. The van der Waals surface area contributed by atoms with Gasteiger partial charge in [0.25, 0.3) is 0 Å². The molecule has 0 spiro atoms. The minimum atomic E-state index is 0. The number of quaternary nitrogens is 1. The topological polar surface area (TPSA) is 56.7 Å². The van der Waals surface area contributed by atoms with Crippen LogP contribution in [0.1, 0.15) is 20.8 Å². The van der Waals surface area contributed by atoms with E-state index in [1.165, 1.54) is 0 Å². The van der Waals surface area contributed by atoms with Gasteiger partial charge in [0.05, 0.1) is 0 Å². The first-order chi connectivity index (χ1) is 2.56. The van der Waals surface area contributed by atoms with Gasteiger partial charge in [-0.15, -0.1) is 0 Å². The molecular weight excluding hydrogens is 109 g/mol. The summed E-state index contributed by atoms with van der Waals surface area (Å²) in [6.07, 6.45) is 0. The Hall–Kier alpha value is -0.150. The van der Waals surface area contributed by atoms with Crippen molar-refractivity contribution in [1.82, 2.24) is 6.15 Å². The maximum absolute atomic E-state index is 8.40. The van der Waals surface area contributed by atoms with Gasteiger partial charge in [0, 0.05) is 6.61 Å². The molecule has 0 unspecified atom stereocenters. The average Bonchev–Trinajstić information content (AvgIpc) is 1.35. The lowest BCUT2D eigenvalue weighted by atomic mass is 9.99. The minimum Gasteiger partial charge on any atom is -1.00 e. The van der Waals surface area contributed by atoms with E-state index in [-0.39, 0.29) is 22.9 Å². The molecule has 0 aromatic heterocycles.